The molecule has 3 heteroatoms. The maximum absolute atomic E-state index is 2.42. The lowest BCUT2D eigenvalue weighted by molar-refractivity contribution is -0.659. The number of thiophene rings is 1. The van der Waals surface area contributed by atoms with Gasteiger partial charge in [0, 0.05) is 31.3 Å². The van der Waals surface area contributed by atoms with Gasteiger partial charge in [-0.3, -0.25) is 0 Å². The van der Waals surface area contributed by atoms with E-state index in [1.165, 1.54) is 53.9 Å². The van der Waals surface area contributed by atoms with Gasteiger partial charge >= 0.3 is 0 Å². The number of aryl methyl sites for hydroxylation is 2. The monoisotopic (exact) mass is 439 g/mol. The Balaban J connectivity index is 1.83. The number of para-hydroxylation sites is 1. The number of hydrogen-bond acceptors (Lipinski definition) is 1. The molecule has 0 spiro atoms. The van der Waals surface area contributed by atoms with Crippen molar-refractivity contribution in [3.05, 3.63) is 83.7 Å². The van der Waals surface area contributed by atoms with Crippen LogP contribution in [0.25, 0.3) is 37.2 Å². The molecule has 0 saturated carbocycles. The minimum Gasteiger partial charge on any atom is -0.232 e. The first-order valence-corrected chi connectivity index (χ1v) is 12.3. The van der Waals surface area contributed by atoms with Crippen LogP contribution in [0.15, 0.2) is 67.0 Å². The van der Waals surface area contributed by atoms with Gasteiger partial charge in [0.2, 0.25) is 0 Å². The van der Waals surface area contributed by atoms with Crippen LogP contribution in [-0.2, 0) is 7.05 Å². The molecule has 162 valence electrons. The minimum absolute atomic E-state index is 0.452. The number of imidazole rings is 1. The summed E-state index contributed by atoms with van der Waals surface area (Å²) >= 11 is 1.89. The third kappa shape index (κ3) is 3.27. The number of rotatable bonds is 4. The molecule has 0 unspecified atom stereocenters. The van der Waals surface area contributed by atoms with Crippen molar-refractivity contribution in [2.45, 2.75) is 46.5 Å². The van der Waals surface area contributed by atoms with Crippen LogP contribution in [0.3, 0.4) is 0 Å². The summed E-state index contributed by atoms with van der Waals surface area (Å²) in [4.78, 5) is 0. The summed E-state index contributed by atoms with van der Waals surface area (Å²) in [5, 5.41) is 2.69. The maximum atomic E-state index is 2.42. The fourth-order valence-electron chi connectivity index (χ4n) is 4.88. The van der Waals surface area contributed by atoms with E-state index in [0.717, 1.165) is 0 Å². The van der Waals surface area contributed by atoms with Gasteiger partial charge in [-0.25, -0.2) is 4.57 Å². The number of fused-ring (bicyclic) bond motifs is 3. The van der Waals surface area contributed by atoms with E-state index in [1.807, 2.05) is 11.3 Å². The maximum Gasteiger partial charge on any atom is 0.294 e. The van der Waals surface area contributed by atoms with Crippen LogP contribution < -0.4 is 4.57 Å². The van der Waals surface area contributed by atoms with Crippen LogP contribution >= 0.6 is 11.3 Å². The fourth-order valence-corrected chi connectivity index (χ4v) is 6.07. The highest BCUT2D eigenvalue weighted by molar-refractivity contribution is 7.25. The second-order valence-corrected chi connectivity index (χ2v) is 10.5. The Morgan fingerprint density at radius 1 is 0.812 bits per heavy atom. The zero-order valence-electron chi connectivity index (χ0n) is 19.8. The van der Waals surface area contributed by atoms with Gasteiger partial charge in [-0.15, -0.1) is 11.3 Å². The molecule has 2 aromatic heterocycles. The molecule has 0 aliphatic carbocycles. The van der Waals surface area contributed by atoms with Gasteiger partial charge in [-0.1, -0.05) is 64.1 Å². The van der Waals surface area contributed by atoms with Crippen molar-refractivity contribution in [3.63, 3.8) is 0 Å². The summed E-state index contributed by atoms with van der Waals surface area (Å²) in [6.07, 6.45) is 4.42. The van der Waals surface area contributed by atoms with Crippen molar-refractivity contribution in [3.8, 4) is 17.1 Å². The van der Waals surface area contributed by atoms with Crippen molar-refractivity contribution < 1.29 is 4.57 Å². The zero-order valence-corrected chi connectivity index (χ0v) is 20.6. The van der Waals surface area contributed by atoms with Gasteiger partial charge in [0.05, 0.1) is 12.6 Å². The third-order valence-corrected chi connectivity index (χ3v) is 7.68. The number of nitrogens with zero attached hydrogens (tertiary/aromatic N) is 2. The lowest BCUT2D eigenvalue weighted by Crippen LogP contribution is -2.29. The van der Waals surface area contributed by atoms with Gasteiger partial charge in [-0.2, -0.15) is 4.57 Å². The second-order valence-electron chi connectivity index (χ2n) is 9.46. The SMILES string of the molecule is Cc1cc2sc3ccccc3c2cc1-c1n(-c2c(C(C)C)cccc2C(C)C)cc[n+]1C. The molecule has 0 N–H and O–H groups in total. The van der Waals surface area contributed by atoms with Crippen molar-refractivity contribution >= 4 is 31.5 Å². The van der Waals surface area contributed by atoms with E-state index in [2.05, 4.69) is 118 Å². The average Bonchev–Trinajstić information content (AvgIpc) is 3.32. The topological polar surface area (TPSA) is 8.81 Å². The van der Waals surface area contributed by atoms with E-state index in [9.17, 15) is 0 Å². The van der Waals surface area contributed by atoms with Crippen LogP contribution in [0.5, 0.6) is 0 Å². The molecule has 0 atom stereocenters. The van der Waals surface area contributed by atoms with Crippen LogP contribution in [0.2, 0.25) is 0 Å². The predicted molar refractivity (Wildman–Crippen MR) is 138 cm³/mol. The van der Waals surface area contributed by atoms with Crippen molar-refractivity contribution in [1.29, 1.82) is 0 Å². The smallest absolute Gasteiger partial charge is 0.232 e. The molecule has 0 aliphatic heterocycles. The highest BCUT2D eigenvalue weighted by atomic mass is 32.1. The molecule has 0 radical (unpaired) electrons. The molecule has 32 heavy (non-hydrogen) atoms. The van der Waals surface area contributed by atoms with Crippen LogP contribution in [0.4, 0.5) is 0 Å². The highest BCUT2D eigenvalue weighted by Gasteiger charge is 2.27. The summed E-state index contributed by atoms with van der Waals surface area (Å²) in [7, 11) is 2.16. The zero-order chi connectivity index (χ0) is 22.6. The lowest BCUT2D eigenvalue weighted by Gasteiger charge is -2.18. The molecule has 5 rings (SSSR count). The Morgan fingerprint density at radius 2 is 1.50 bits per heavy atom. The molecular formula is C29H31N2S+. The standard InChI is InChI=1S/C29H31N2S/c1-18(2)21-11-9-12-22(19(3)4)28(21)31-15-14-30(6)29(31)24-17-25-23-10-7-8-13-26(23)32-27(25)16-20(24)5/h7-19H,1-6H3/q+1. The average molecular weight is 440 g/mol. The Labute approximate surface area is 194 Å². The van der Waals surface area contributed by atoms with Crippen LogP contribution in [0.1, 0.15) is 56.2 Å². The fraction of sp³-hybridized carbons (Fsp3) is 0.276. The molecule has 2 nitrogen and oxygen atoms in total. The molecule has 0 bridgehead atoms. The summed E-state index contributed by atoms with van der Waals surface area (Å²) in [6.45, 7) is 11.4. The Kier molecular flexibility index (Phi) is 5.17. The first kappa shape index (κ1) is 21.0. The summed E-state index contributed by atoms with van der Waals surface area (Å²) in [5.74, 6) is 2.14. The summed E-state index contributed by atoms with van der Waals surface area (Å²) in [6, 6.07) is 20.3. The first-order chi connectivity index (χ1) is 15.4. The van der Waals surface area contributed by atoms with Gasteiger partial charge in [0.1, 0.15) is 18.1 Å². The van der Waals surface area contributed by atoms with Crippen LogP contribution in [-0.4, -0.2) is 4.57 Å². The number of benzene rings is 3. The van der Waals surface area contributed by atoms with Crippen LogP contribution in [0, 0.1) is 6.92 Å². The Morgan fingerprint density at radius 3 is 2.19 bits per heavy atom. The quantitative estimate of drug-likeness (QED) is 0.252. The number of aromatic nitrogens is 2. The first-order valence-electron chi connectivity index (χ1n) is 11.5. The molecular weight excluding hydrogens is 408 g/mol. The Hall–Kier alpha value is -2.91. The van der Waals surface area contributed by atoms with E-state index in [1.54, 1.807) is 0 Å². The molecule has 5 aromatic rings. The summed E-state index contributed by atoms with van der Waals surface area (Å²) < 4.78 is 7.40. The van der Waals surface area contributed by atoms with E-state index in [4.69, 9.17) is 0 Å². The molecule has 0 amide bonds. The highest BCUT2D eigenvalue weighted by Crippen LogP contribution is 2.39. The largest absolute Gasteiger partial charge is 0.294 e. The second kappa shape index (κ2) is 7.90. The molecule has 0 fully saturated rings. The lowest BCUT2D eigenvalue weighted by atomic mass is 9.92. The van der Waals surface area contributed by atoms with E-state index in [0.29, 0.717) is 11.8 Å². The number of hydrogen-bond donors (Lipinski definition) is 0. The van der Waals surface area contributed by atoms with Gasteiger partial charge < -0.3 is 0 Å². The van der Waals surface area contributed by atoms with Gasteiger partial charge in [0.25, 0.3) is 5.82 Å². The van der Waals surface area contributed by atoms with E-state index >= 15 is 0 Å². The Bertz CT molecular complexity index is 1420. The van der Waals surface area contributed by atoms with E-state index < -0.39 is 0 Å². The summed E-state index contributed by atoms with van der Waals surface area (Å²) in [5.41, 5.74) is 6.74. The third-order valence-electron chi connectivity index (χ3n) is 6.55. The van der Waals surface area contributed by atoms with Gasteiger partial charge in [0.15, 0.2) is 0 Å². The molecule has 2 heterocycles. The molecule has 3 aromatic carbocycles. The van der Waals surface area contributed by atoms with Crippen molar-refractivity contribution in [2.24, 2.45) is 7.05 Å². The normalized spacial score (nSPS) is 12.0. The molecule has 0 aliphatic rings. The minimum atomic E-state index is 0.452. The predicted octanol–water partition coefficient (Wildman–Crippen LogP) is 7.89. The van der Waals surface area contributed by atoms with Crippen molar-refractivity contribution in [2.75, 3.05) is 0 Å². The van der Waals surface area contributed by atoms with E-state index in [-0.39, 0.29) is 0 Å². The van der Waals surface area contributed by atoms with Crippen molar-refractivity contribution in [1.82, 2.24) is 4.57 Å². The van der Waals surface area contributed by atoms with Gasteiger partial charge in [-0.05, 0) is 42.5 Å². The molecule has 0 saturated heterocycles.